The van der Waals surface area contributed by atoms with E-state index in [9.17, 15) is 5.11 Å². The summed E-state index contributed by atoms with van der Waals surface area (Å²) in [4.78, 5) is 0. The molecule has 0 heterocycles. The maximum atomic E-state index is 10.4. The van der Waals surface area contributed by atoms with Crippen molar-refractivity contribution in [3.63, 3.8) is 0 Å². The summed E-state index contributed by atoms with van der Waals surface area (Å²) in [5.74, 6) is 1.58. The lowest BCUT2D eigenvalue weighted by molar-refractivity contribution is 0.219. The van der Waals surface area contributed by atoms with Gasteiger partial charge in [0, 0.05) is 0 Å². The van der Waals surface area contributed by atoms with Gasteiger partial charge < -0.3 is 14.6 Å². The summed E-state index contributed by atoms with van der Waals surface area (Å²) in [5, 5.41) is 10.4. The topological polar surface area (TPSA) is 38.7 Å². The molecule has 0 aliphatic rings. The number of rotatable bonds is 7. The van der Waals surface area contributed by atoms with Gasteiger partial charge in [0.2, 0.25) is 0 Å². The zero-order valence-corrected chi connectivity index (χ0v) is 12.6. The summed E-state index contributed by atoms with van der Waals surface area (Å²) < 4.78 is 10.8. The van der Waals surface area contributed by atoms with Crippen molar-refractivity contribution in [2.24, 2.45) is 0 Å². The lowest BCUT2D eigenvalue weighted by atomic mass is 10.0. The zero-order chi connectivity index (χ0) is 15.1. The highest BCUT2D eigenvalue weighted by Gasteiger charge is 2.11. The molecule has 0 saturated heterocycles. The number of benzene rings is 2. The molecule has 0 radical (unpaired) electrons. The average molecular weight is 286 g/mol. The highest BCUT2D eigenvalue weighted by Crippen LogP contribution is 2.26. The Hall–Kier alpha value is -2.00. The van der Waals surface area contributed by atoms with Gasteiger partial charge in [-0.15, -0.1) is 0 Å². The van der Waals surface area contributed by atoms with Gasteiger partial charge in [-0.2, -0.15) is 0 Å². The van der Waals surface area contributed by atoms with Crippen molar-refractivity contribution in [2.75, 3.05) is 13.7 Å². The number of aliphatic hydroxyl groups excluding tert-OH is 1. The fourth-order valence-corrected chi connectivity index (χ4v) is 2.08. The van der Waals surface area contributed by atoms with E-state index in [1.807, 2.05) is 48.5 Å². The van der Waals surface area contributed by atoms with Crippen molar-refractivity contribution >= 4 is 0 Å². The van der Waals surface area contributed by atoms with Gasteiger partial charge in [0.25, 0.3) is 0 Å². The van der Waals surface area contributed by atoms with E-state index in [4.69, 9.17) is 9.47 Å². The summed E-state index contributed by atoms with van der Waals surface area (Å²) in [6, 6.07) is 15.1. The molecule has 112 valence electrons. The molecule has 0 fully saturated rings. The van der Waals surface area contributed by atoms with Gasteiger partial charge in [0.15, 0.2) is 0 Å². The Kier molecular flexibility index (Phi) is 5.64. The molecule has 2 aromatic rings. The van der Waals surface area contributed by atoms with Crippen LogP contribution in [0.5, 0.6) is 11.5 Å². The third-order valence-corrected chi connectivity index (χ3v) is 3.37. The van der Waals surface area contributed by atoms with Crippen LogP contribution in [0.15, 0.2) is 48.5 Å². The third kappa shape index (κ3) is 4.23. The number of hydrogen-bond acceptors (Lipinski definition) is 3. The van der Waals surface area contributed by atoms with E-state index in [2.05, 4.69) is 6.92 Å². The molecule has 21 heavy (non-hydrogen) atoms. The molecule has 1 atom stereocenters. The first-order valence-electron chi connectivity index (χ1n) is 7.29. The maximum absolute atomic E-state index is 10.4. The second kappa shape index (κ2) is 7.70. The summed E-state index contributed by atoms with van der Waals surface area (Å²) in [5.41, 5.74) is 1.65. The van der Waals surface area contributed by atoms with Gasteiger partial charge >= 0.3 is 0 Å². The molecule has 0 aliphatic carbocycles. The molecule has 3 heteroatoms. The van der Waals surface area contributed by atoms with E-state index in [0.29, 0.717) is 0 Å². The second-order valence-corrected chi connectivity index (χ2v) is 4.95. The molecule has 0 aromatic heterocycles. The second-order valence-electron chi connectivity index (χ2n) is 4.95. The maximum Gasteiger partial charge on any atom is 0.119 e. The number of hydrogen-bond donors (Lipinski definition) is 1. The van der Waals surface area contributed by atoms with Gasteiger partial charge in [-0.25, -0.2) is 0 Å². The summed E-state index contributed by atoms with van der Waals surface area (Å²) >= 11 is 0. The first-order chi connectivity index (χ1) is 10.2. The molecule has 3 nitrogen and oxygen atoms in total. The Morgan fingerprint density at radius 3 is 2.43 bits per heavy atom. The first kappa shape index (κ1) is 15.4. The Morgan fingerprint density at radius 2 is 1.76 bits per heavy atom. The molecule has 0 aliphatic heterocycles. The van der Waals surface area contributed by atoms with E-state index in [0.717, 1.165) is 42.1 Å². The normalized spacial score (nSPS) is 12.0. The lowest BCUT2D eigenvalue weighted by Gasteiger charge is -2.13. The highest BCUT2D eigenvalue weighted by atomic mass is 16.5. The number of unbranched alkanes of at least 4 members (excludes halogenated alkanes) is 1. The van der Waals surface area contributed by atoms with Crippen molar-refractivity contribution in [3.8, 4) is 11.5 Å². The fourth-order valence-electron chi connectivity index (χ4n) is 2.08. The lowest BCUT2D eigenvalue weighted by Crippen LogP contribution is -2.01. The van der Waals surface area contributed by atoms with E-state index in [1.165, 1.54) is 0 Å². The molecule has 0 amide bonds. The SMILES string of the molecule is CCCCOc1ccc(C(O)c2cccc(OC)c2)cc1. The molecule has 0 bridgehead atoms. The van der Waals surface area contributed by atoms with Crippen LogP contribution < -0.4 is 9.47 Å². The Morgan fingerprint density at radius 1 is 1.00 bits per heavy atom. The predicted molar refractivity (Wildman–Crippen MR) is 83.9 cm³/mol. The quantitative estimate of drug-likeness (QED) is 0.783. The minimum absolute atomic E-state index is 0.662. The van der Waals surface area contributed by atoms with Crippen LogP contribution in [0.1, 0.15) is 37.0 Å². The van der Waals surface area contributed by atoms with Gasteiger partial charge in [0.05, 0.1) is 13.7 Å². The average Bonchev–Trinajstić information content (AvgIpc) is 2.55. The van der Waals surface area contributed by atoms with E-state index < -0.39 is 6.10 Å². The van der Waals surface area contributed by atoms with Gasteiger partial charge in [-0.3, -0.25) is 0 Å². The molecular weight excluding hydrogens is 264 g/mol. The molecule has 1 N–H and O–H groups in total. The number of aliphatic hydroxyl groups is 1. The van der Waals surface area contributed by atoms with Crippen molar-refractivity contribution in [1.82, 2.24) is 0 Å². The van der Waals surface area contributed by atoms with E-state index in [-0.39, 0.29) is 0 Å². The van der Waals surface area contributed by atoms with Crippen molar-refractivity contribution < 1.29 is 14.6 Å². The standard InChI is InChI=1S/C18H22O3/c1-3-4-12-21-16-10-8-14(9-11-16)18(19)15-6-5-7-17(13-15)20-2/h5-11,13,18-19H,3-4,12H2,1-2H3. The summed E-state index contributed by atoms with van der Waals surface area (Å²) in [6.45, 7) is 2.87. The van der Waals surface area contributed by atoms with Crippen molar-refractivity contribution in [2.45, 2.75) is 25.9 Å². The molecule has 1 unspecified atom stereocenters. The highest BCUT2D eigenvalue weighted by molar-refractivity contribution is 5.37. The van der Waals surface area contributed by atoms with E-state index in [1.54, 1.807) is 7.11 Å². The van der Waals surface area contributed by atoms with Crippen LogP contribution in [-0.2, 0) is 0 Å². The van der Waals surface area contributed by atoms with Gasteiger partial charge in [-0.1, -0.05) is 37.6 Å². The van der Waals surface area contributed by atoms with Crippen LogP contribution in [0, 0.1) is 0 Å². The Bertz CT molecular complexity index is 549. The molecular formula is C18H22O3. The Balaban J connectivity index is 2.06. The largest absolute Gasteiger partial charge is 0.497 e. The third-order valence-electron chi connectivity index (χ3n) is 3.37. The minimum atomic E-state index is -0.662. The molecule has 2 rings (SSSR count). The minimum Gasteiger partial charge on any atom is -0.497 e. The zero-order valence-electron chi connectivity index (χ0n) is 12.6. The van der Waals surface area contributed by atoms with Crippen molar-refractivity contribution in [3.05, 3.63) is 59.7 Å². The Labute approximate surface area is 126 Å². The van der Waals surface area contributed by atoms with Crippen LogP contribution in [0.3, 0.4) is 0 Å². The smallest absolute Gasteiger partial charge is 0.119 e. The predicted octanol–water partition coefficient (Wildman–Crippen LogP) is 3.96. The summed E-state index contributed by atoms with van der Waals surface area (Å²) in [7, 11) is 1.62. The van der Waals surface area contributed by atoms with Crippen molar-refractivity contribution in [1.29, 1.82) is 0 Å². The molecule has 2 aromatic carbocycles. The monoisotopic (exact) mass is 286 g/mol. The summed E-state index contributed by atoms with van der Waals surface area (Å²) in [6.07, 6.45) is 1.51. The fraction of sp³-hybridized carbons (Fsp3) is 0.333. The van der Waals surface area contributed by atoms with Crippen LogP contribution in [-0.4, -0.2) is 18.8 Å². The number of methoxy groups -OCH3 is 1. The van der Waals surface area contributed by atoms with Gasteiger partial charge in [0.1, 0.15) is 17.6 Å². The molecule has 0 saturated carbocycles. The van der Waals surface area contributed by atoms with Crippen LogP contribution in [0.4, 0.5) is 0 Å². The first-order valence-corrected chi connectivity index (χ1v) is 7.29. The molecule has 0 spiro atoms. The van der Waals surface area contributed by atoms with Crippen LogP contribution >= 0.6 is 0 Å². The van der Waals surface area contributed by atoms with Gasteiger partial charge in [-0.05, 0) is 41.8 Å². The van der Waals surface area contributed by atoms with E-state index >= 15 is 0 Å². The van der Waals surface area contributed by atoms with Crippen LogP contribution in [0.25, 0.3) is 0 Å². The van der Waals surface area contributed by atoms with Crippen LogP contribution in [0.2, 0.25) is 0 Å². The number of ether oxygens (including phenoxy) is 2.